The topological polar surface area (TPSA) is 107 Å². The van der Waals surface area contributed by atoms with E-state index in [1.165, 1.54) is 0 Å². The third kappa shape index (κ3) is 5.54. The summed E-state index contributed by atoms with van der Waals surface area (Å²) >= 11 is 0. The maximum Gasteiger partial charge on any atom is 0.257 e. The number of hydrogen-bond donors (Lipinski definition) is 2. The van der Waals surface area contributed by atoms with Crippen LogP contribution in [0.2, 0.25) is 0 Å². The summed E-state index contributed by atoms with van der Waals surface area (Å²) in [5.41, 5.74) is 4.66. The van der Waals surface area contributed by atoms with Gasteiger partial charge >= 0.3 is 0 Å². The van der Waals surface area contributed by atoms with E-state index in [9.17, 15) is 9.90 Å². The van der Waals surface area contributed by atoms with E-state index in [0.29, 0.717) is 24.2 Å². The van der Waals surface area contributed by atoms with Gasteiger partial charge < -0.3 is 24.8 Å². The molecule has 1 aromatic carbocycles. The van der Waals surface area contributed by atoms with Crippen LogP contribution in [0.4, 0.5) is 5.82 Å². The standard InChI is InChI=1S/C33H39N9O2/c1-38-13-15-40(16-14-38)17-18-41-22-26(24-9-6-12-34-31(24)41)28-19-30(39(2)21-23-7-4-3-5-8-23)42-32(36-28)25(20-35-42)33(44)37-27-10-11-29(27)43/h3-9,12,19-20,22,27,29,43H,10-11,13-18,21H2,1-2H3,(H,37,44)/t27-,29+/m0/s1. The highest BCUT2D eigenvalue weighted by Crippen LogP contribution is 2.32. The second-order valence-electron chi connectivity index (χ2n) is 12.1. The fourth-order valence-electron chi connectivity index (χ4n) is 6.17. The highest BCUT2D eigenvalue weighted by molar-refractivity contribution is 6.01. The van der Waals surface area contributed by atoms with Crippen LogP contribution in [0.5, 0.6) is 0 Å². The third-order valence-corrected chi connectivity index (χ3v) is 9.07. The Balaban J connectivity index is 1.28. The van der Waals surface area contributed by atoms with Crippen LogP contribution in [0.1, 0.15) is 28.8 Å². The Hall–Kier alpha value is -4.32. The number of nitrogens with zero attached hydrogens (tertiary/aromatic N) is 8. The number of likely N-dealkylation sites (N-methyl/N-ethyl adjacent to an activating group) is 1. The van der Waals surface area contributed by atoms with Crippen LogP contribution in [0.15, 0.2) is 67.1 Å². The molecule has 1 saturated carbocycles. The number of hydrogen-bond acceptors (Lipinski definition) is 8. The smallest absolute Gasteiger partial charge is 0.257 e. The molecule has 1 aliphatic carbocycles. The lowest BCUT2D eigenvalue weighted by Crippen LogP contribution is -2.50. The number of carbonyl (C=O) groups excluding carboxylic acids is 1. The van der Waals surface area contributed by atoms with Crippen LogP contribution < -0.4 is 10.2 Å². The molecule has 0 unspecified atom stereocenters. The number of rotatable bonds is 9. The summed E-state index contributed by atoms with van der Waals surface area (Å²) in [5, 5.41) is 18.7. The Morgan fingerprint density at radius 2 is 1.86 bits per heavy atom. The zero-order valence-electron chi connectivity index (χ0n) is 25.3. The third-order valence-electron chi connectivity index (χ3n) is 9.07. The van der Waals surface area contributed by atoms with E-state index in [4.69, 9.17) is 9.97 Å². The first-order valence-corrected chi connectivity index (χ1v) is 15.4. The molecule has 44 heavy (non-hydrogen) atoms. The number of piperazine rings is 1. The van der Waals surface area contributed by atoms with Crippen molar-refractivity contribution < 1.29 is 9.90 Å². The Morgan fingerprint density at radius 3 is 2.61 bits per heavy atom. The number of fused-ring (bicyclic) bond motifs is 2. The number of nitrogens with one attached hydrogen (secondary N) is 1. The summed E-state index contributed by atoms with van der Waals surface area (Å²) in [6, 6.07) is 16.1. The minimum absolute atomic E-state index is 0.245. The Bertz CT molecular complexity index is 1770. The molecule has 0 spiro atoms. The van der Waals surface area contributed by atoms with Crippen LogP contribution in [-0.2, 0) is 13.1 Å². The molecule has 2 fully saturated rings. The molecular formula is C33H39N9O2. The lowest BCUT2D eigenvalue weighted by Gasteiger charge is -2.32. The van der Waals surface area contributed by atoms with Crippen molar-refractivity contribution in [2.75, 3.05) is 51.7 Å². The van der Waals surface area contributed by atoms with Gasteiger partial charge in [-0.3, -0.25) is 9.69 Å². The zero-order chi connectivity index (χ0) is 30.2. The molecule has 2 N–H and O–H groups in total. The predicted octanol–water partition coefficient (Wildman–Crippen LogP) is 2.88. The van der Waals surface area contributed by atoms with Crippen molar-refractivity contribution in [3.05, 3.63) is 78.2 Å². The Labute approximate surface area is 256 Å². The maximum absolute atomic E-state index is 13.4. The first-order chi connectivity index (χ1) is 21.4. The van der Waals surface area contributed by atoms with Crippen LogP contribution in [0, 0.1) is 0 Å². The highest BCUT2D eigenvalue weighted by atomic mass is 16.3. The van der Waals surface area contributed by atoms with E-state index >= 15 is 0 Å². The molecule has 0 bridgehead atoms. The number of aliphatic hydroxyl groups excluding tert-OH is 1. The van der Waals surface area contributed by atoms with Crippen LogP contribution in [-0.4, -0.2) is 104 Å². The quantitative estimate of drug-likeness (QED) is 0.269. The first-order valence-electron chi connectivity index (χ1n) is 15.4. The summed E-state index contributed by atoms with van der Waals surface area (Å²) < 4.78 is 3.97. The molecule has 11 heteroatoms. The molecule has 2 aliphatic rings. The van der Waals surface area contributed by atoms with E-state index in [0.717, 1.165) is 79.4 Å². The van der Waals surface area contributed by atoms with Crippen molar-refractivity contribution in [3.8, 4) is 11.3 Å². The summed E-state index contributed by atoms with van der Waals surface area (Å²) in [5.74, 6) is 0.542. The summed E-state index contributed by atoms with van der Waals surface area (Å²) in [6.45, 7) is 6.73. The van der Waals surface area contributed by atoms with Gasteiger partial charge in [-0.15, -0.1) is 0 Å². The zero-order valence-corrected chi connectivity index (χ0v) is 25.3. The minimum Gasteiger partial charge on any atom is -0.391 e. The van der Waals surface area contributed by atoms with Crippen molar-refractivity contribution in [2.45, 2.75) is 38.1 Å². The molecule has 1 aliphatic heterocycles. The van der Waals surface area contributed by atoms with Crippen molar-refractivity contribution in [2.24, 2.45) is 0 Å². The molecule has 11 nitrogen and oxygen atoms in total. The van der Waals surface area contributed by atoms with Gasteiger partial charge in [-0.05, 0) is 37.6 Å². The normalized spacial score (nSPS) is 19.3. The molecule has 5 heterocycles. The number of benzene rings is 1. The SMILES string of the molecule is CN1CCN(CCn2cc(-c3cc(N(C)Cc4ccccc4)n4ncc(C(=O)N[C@H]5CC[C@H]5O)c4n3)c3cccnc32)CC1. The van der Waals surface area contributed by atoms with Crippen molar-refractivity contribution in [1.82, 2.24) is 39.3 Å². The van der Waals surface area contributed by atoms with Gasteiger partial charge in [0.15, 0.2) is 5.65 Å². The van der Waals surface area contributed by atoms with Crippen molar-refractivity contribution in [1.29, 1.82) is 0 Å². The second-order valence-corrected chi connectivity index (χ2v) is 12.1. The van der Waals surface area contributed by atoms with Gasteiger partial charge in [-0.1, -0.05) is 30.3 Å². The van der Waals surface area contributed by atoms with Gasteiger partial charge in [0.1, 0.15) is 17.0 Å². The van der Waals surface area contributed by atoms with Gasteiger partial charge in [0, 0.05) is 82.3 Å². The van der Waals surface area contributed by atoms with Gasteiger partial charge in [0.05, 0.1) is 24.0 Å². The lowest BCUT2D eigenvalue weighted by atomic mass is 9.89. The molecule has 1 saturated heterocycles. The Morgan fingerprint density at radius 1 is 1.05 bits per heavy atom. The average Bonchev–Trinajstić information content (AvgIpc) is 3.64. The number of anilines is 1. The van der Waals surface area contributed by atoms with E-state index in [2.05, 4.69) is 61.1 Å². The summed E-state index contributed by atoms with van der Waals surface area (Å²) in [7, 11) is 4.20. The Kier molecular flexibility index (Phi) is 7.75. The van der Waals surface area contributed by atoms with Crippen LogP contribution >= 0.6 is 0 Å². The number of pyridine rings is 1. The molecule has 0 radical (unpaired) electrons. The van der Waals surface area contributed by atoms with E-state index in [1.54, 1.807) is 10.7 Å². The fraction of sp³-hybridized carbons (Fsp3) is 0.394. The monoisotopic (exact) mass is 593 g/mol. The molecule has 5 aromatic rings. The molecule has 4 aromatic heterocycles. The van der Waals surface area contributed by atoms with Crippen LogP contribution in [0.3, 0.4) is 0 Å². The minimum atomic E-state index is -0.513. The number of aromatic nitrogens is 5. The van der Waals surface area contributed by atoms with Crippen LogP contribution in [0.25, 0.3) is 27.9 Å². The molecule has 1 amide bonds. The summed E-state index contributed by atoms with van der Waals surface area (Å²) in [6.07, 6.45) is 6.51. The lowest BCUT2D eigenvalue weighted by molar-refractivity contribution is 0.0448. The predicted molar refractivity (Wildman–Crippen MR) is 171 cm³/mol. The van der Waals surface area contributed by atoms with Gasteiger partial charge in [0.2, 0.25) is 0 Å². The molecule has 2 atom stereocenters. The highest BCUT2D eigenvalue weighted by Gasteiger charge is 2.31. The largest absolute Gasteiger partial charge is 0.391 e. The number of carbonyl (C=O) groups is 1. The fourth-order valence-corrected chi connectivity index (χ4v) is 6.17. The van der Waals surface area contributed by atoms with Crippen molar-refractivity contribution in [3.63, 3.8) is 0 Å². The molecule has 7 rings (SSSR count). The second kappa shape index (κ2) is 12.0. The van der Waals surface area contributed by atoms with E-state index < -0.39 is 6.10 Å². The maximum atomic E-state index is 13.4. The van der Waals surface area contributed by atoms with E-state index in [1.807, 2.05) is 43.6 Å². The van der Waals surface area contributed by atoms with Crippen molar-refractivity contribution >= 4 is 28.4 Å². The number of aliphatic hydroxyl groups is 1. The summed E-state index contributed by atoms with van der Waals surface area (Å²) in [4.78, 5) is 30.2. The van der Waals surface area contributed by atoms with Gasteiger partial charge in [0.25, 0.3) is 5.91 Å². The first kappa shape index (κ1) is 28.5. The molecule has 228 valence electrons. The van der Waals surface area contributed by atoms with Gasteiger partial charge in [-0.25, -0.2) is 9.97 Å². The van der Waals surface area contributed by atoms with E-state index in [-0.39, 0.29) is 11.9 Å². The average molecular weight is 594 g/mol. The molecular weight excluding hydrogens is 554 g/mol. The number of amides is 1. The van der Waals surface area contributed by atoms with Gasteiger partial charge in [-0.2, -0.15) is 9.61 Å².